The molecule has 8 nitrogen and oxygen atoms in total. The number of hydrogen-bond donors (Lipinski definition) is 3. The van der Waals surface area contributed by atoms with Gasteiger partial charge in [-0.2, -0.15) is 0 Å². The fraction of sp³-hybridized carbons (Fsp3) is 0.500. The van der Waals surface area contributed by atoms with Crippen LogP contribution in [-0.4, -0.2) is 68.6 Å². The molecule has 1 heterocycles. The second-order valence-corrected chi connectivity index (χ2v) is 6.49. The quantitative estimate of drug-likeness (QED) is 0.626. The van der Waals surface area contributed by atoms with Crippen LogP contribution in [0.2, 0.25) is 0 Å². The maximum atomic E-state index is 12.4. The Balaban J connectivity index is 1.85. The fourth-order valence-corrected chi connectivity index (χ4v) is 2.63. The van der Waals surface area contributed by atoms with E-state index in [1.54, 1.807) is 36.1 Å². The lowest BCUT2D eigenvalue weighted by molar-refractivity contribution is -0.886. The Morgan fingerprint density at radius 1 is 1.12 bits per heavy atom. The number of amides is 3. The molecule has 1 saturated heterocycles. The highest BCUT2D eigenvalue weighted by atomic mass is 16.5. The second kappa shape index (κ2) is 9.30. The summed E-state index contributed by atoms with van der Waals surface area (Å²) in [5.41, 5.74) is 1.31. The van der Waals surface area contributed by atoms with Crippen molar-refractivity contribution in [3.63, 3.8) is 0 Å². The van der Waals surface area contributed by atoms with Crippen molar-refractivity contribution >= 4 is 29.1 Å². The van der Waals surface area contributed by atoms with Crippen LogP contribution in [0.5, 0.6) is 0 Å². The molecule has 0 saturated carbocycles. The summed E-state index contributed by atoms with van der Waals surface area (Å²) in [6.07, 6.45) is 0. The average Bonchev–Trinajstić information content (AvgIpc) is 2.62. The number of rotatable bonds is 6. The molecule has 1 aliphatic heterocycles. The molecule has 1 aliphatic rings. The van der Waals surface area contributed by atoms with Gasteiger partial charge in [0.05, 0.1) is 20.3 Å². The Kier molecular flexibility index (Phi) is 7.11. The largest absolute Gasteiger partial charge is 0.378 e. The van der Waals surface area contributed by atoms with Crippen LogP contribution in [0.4, 0.5) is 11.4 Å². The van der Waals surface area contributed by atoms with E-state index in [0.29, 0.717) is 37.7 Å². The van der Waals surface area contributed by atoms with E-state index in [2.05, 4.69) is 10.6 Å². The van der Waals surface area contributed by atoms with E-state index in [-0.39, 0.29) is 30.3 Å². The van der Waals surface area contributed by atoms with E-state index in [1.165, 1.54) is 6.92 Å². The van der Waals surface area contributed by atoms with Crippen LogP contribution >= 0.6 is 0 Å². The minimum atomic E-state index is -0.380. The molecule has 0 radical (unpaired) electrons. The molecule has 1 unspecified atom stereocenters. The molecule has 0 aliphatic carbocycles. The van der Waals surface area contributed by atoms with Crippen molar-refractivity contribution in [2.24, 2.45) is 0 Å². The predicted octanol–water partition coefficient (Wildman–Crippen LogP) is -0.654. The van der Waals surface area contributed by atoms with E-state index in [4.69, 9.17) is 4.74 Å². The average molecular weight is 363 g/mol. The number of likely N-dealkylation sites (N-methyl/N-ethyl adjacent to an activating group) is 1. The van der Waals surface area contributed by atoms with Gasteiger partial charge in [0, 0.05) is 31.4 Å². The van der Waals surface area contributed by atoms with Gasteiger partial charge in [0.2, 0.25) is 5.91 Å². The Hall–Kier alpha value is -2.45. The van der Waals surface area contributed by atoms with Gasteiger partial charge >= 0.3 is 0 Å². The molecule has 142 valence electrons. The zero-order valence-corrected chi connectivity index (χ0v) is 15.5. The maximum Gasteiger partial charge on any atom is 0.282 e. The van der Waals surface area contributed by atoms with Crippen LogP contribution in [0, 0.1) is 0 Å². The van der Waals surface area contributed by atoms with Crippen LogP contribution < -0.4 is 15.5 Å². The molecular weight excluding hydrogens is 336 g/mol. The zero-order chi connectivity index (χ0) is 19.1. The van der Waals surface area contributed by atoms with Crippen molar-refractivity contribution in [3.8, 4) is 0 Å². The van der Waals surface area contributed by atoms with Crippen molar-refractivity contribution in [3.05, 3.63) is 24.3 Å². The molecule has 2 atom stereocenters. The number of ether oxygens (including phenoxy) is 1. The molecule has 1 fully saturated rings. The van der Waals surface area contributed by atoms with E-state index in [1.807, 2.05) is 7.05 Å². The summed E-state index contributed by atoms with van der Waals surface area (Å²) in [6.45, 7) is 5.83. The first-order chi connectivity index (χ1) is 12.4. The van der Waals surface area contributed by atoms with Crippen molar-refractivity contribution in [1.29, 1.82) is 0 Å². The number of carbonyl (C=O) groups excluding carboxylic acids is 3. The van der Waals surface area contributed by atoms with Crippen molar-refractivity contribution < 1.29 is 24.0 Å². The Morgan fingerprint density at radius 3 is 2.19 bits per heavy atom. The summed E-state index contributed by atoms with van der Waals surface area (Å²) in [7, 11) is 1.84. The van der Waals surface area contributed by atoms with Gasteiger partial charge in [-0.25, -0.2) is 0 Å². The molecule has 8 heteroatoms. The van der Waals surface area contributed by atoms with E-state index in [9.17, 15) is 14.4 Å². The SMILES string of the molecule is CC(=O)Nc1ccc(NC(=O)[C@@H](C)[NH+](C)CC(=O)N2CCOCC2)cc1. The third-order valence-corrected chi connectivity index (χ3v) is 4.40. The number of morpholine rings is 1. The van der Waals surface area contributed by atoms with Gasteiger partial charge in [0.1, 0.15) is 0 Å². The first kappa shape index (κ1) is 19.9. The van der Waals surface area contributed by atoms with Gasteiger partial charge in [-0.15, -0.1) is 0 Å². The van der Waals surface area contributed by atoms with Crippen molar-refractivity contribution in [2.75, 3.05) is 50.5 Å². The van der Waals surface area contributed by atoms with E-state index in [0.717, 1.165) is 4.90 Å². The molecule has 1 aromatic carbocycles. The standard InChI is InChI=1S/C18H26N4O4/c1-13(21(3)12-17(24)22-8-10-26-11-9-22)18(25)20-16-6-4-15(5-7-16)19-14(2)23/h4-7,13H,8-12H2,1-3H3,(H,19,23)(H,20,25)/p+1/t13-/m1/s1. The molecule has 0 aromatic heterocycles. The minimum Gasteiger partial charge on any atom is -0.378 e. The first-order valence-corrected chi connectivity index (χ1v) is 8.73. The Bertz CT molecular complexity index is 641. The molecule has 2 rings (SSSR count). The predicted molar refractivity (Wildman–Crippen MR) is 98.0 cm³/mol. The Labute approximate surface area is 153 Å². The smallest absolute Gasteiger partial charge is 0.282 e. The second-order valence-electron chi connectivity index (χ2n) is 6.49. The van der Waals surface area contributed by atoms with E-state index < -0.39 is 0 Å². The highest BCUT2D eigenvalue weighted by molar-refractivity contribution is 5.94. The lowest BCUT2D eigenvalue weighted by Gasteiger charge is -2.28. The summed E-state index contributed by atoms with van der Waals surface area (Å²) in [6, 6.07) is 6.52. The van der Waals surface area contributed by atoms with Gasteiger partial charge in [0.25, 0.3) is 11.8 Å². The third kappa shape index (κ3) is 5.82. The number of carbonyl (C=O) groups is 3. The summed E-state index contributed by atoms with van der Waals surface area (Å²) in [5.74, 6) is -0.278. The minimum absolute atomic E-state index is 0.0325. The summed E-state index contributed by atoms with van der Waals surface area (Å²) >= 11 is 0. The lowest BCUT2D eigenvalue weighted by atomic mass is 10.2. The number of benzene rings is 1. The monoisotopic (exact) mass is 363 g/mol. The number of quaternary nitrogens is 1. The highest BCUT2D eigenvalue weighted by Crippen LogP contribution is 2.13. The Morgan fingerprint density at radius 2 is 1.65 bits per heavy atom. The topological polar surface area (TPSA) is 92.2 Å². The molecule has 0 spiro atoms. The highest BCUT2D eigenvalue weighted by Gasteiger charge is 2.27. The van der Waals surface area contributed by atoms with E-state index >= 15 is 0 Å². The van der Waals surface area contributed by atoms with Gasteiger partial charge in [-0.3, -0.25) is 14.4 Å². The molecular formula is C18H27N4O4+. The first-order valence-electron chi connectivity index (χ1n) is 8.73. The number of nitrogens with zero attached hydrogens (tertiary/aromatic N) is 1. The van der Waals surface area contributed by atoms with Gasteiger partial charge < -0.3 is 25.2 Å². The fourth-order valence-electron chi connectivity index (χ4n) is 2.63. The normalized spacial score (nSPS) is 16.5. The molecule has 3 N–H and O–H groups in total. The number of anilines is 2. The summed E-state index contributed by atoms with van der Waals surface area (Å²) < 4.78 is 5.25. The van der Waals surface area contributed by atoms with Crippen LogP contribution in [0.15, 0.2) is 24.3 Å². The van der Waals surface area contributed by atoms with Crippen molar-refractivity contribution in [2.45, 2.75) is 19.9 Å². The zero-order valence-electron chi connectivity index (χ0n) is 15.5. The maximum absolute atomic E-state index is 12.4. The molecule has 1 aromatic rings. The molecule has 3 amide bonds. The van der Waals surface area contributed by atoms with Gasteiger partial charge in [0.15, 0.2) is 12.6 Å². The van der Waals surface area contributed by atoms with Gasteiger partial charge in [-0.05, 0) is 31.2 Å². The van der Waals surface area contributed by atoms with Crippen LogP contribution in [0.25, 0.3) is 0 Å². The molecule has 0 bridgehead atoms. The summed E-state index contributed by atoms with van der Waals surface area (Å²) in [4.78, 5) is 38.4. The summed E-state index contributed by atoms with van der Waals surface area (Å²) in [5, 5.41) is 5.51. The van der Waals surface area contributed by atoms with Gasteiger partial charge in [-0.1, -0.05) is 0 Å². The lowest BCUT2D eigenvalue weighted by Crippen LogP contribution is -3.15. The van der Waals surface area contributed by atoms with Crippen molar-refractivity contribution in [1.82, 2.24) is 4.90 Å². The van der Waals surface area contributed by atoms with Crippen LogP contribution in [0.3, 0.4) is 0 Å². The van der Waals surface area contributed by atoms with Crippen LogP contribution in [-0.2, 0) is 19.1 Å². The third-order valence-electron chi connectivity index (χ3n) is 4.40. The number of hydrogen-bond acceptors (Lipinski definition) is 4. The van der Waals surface area contributed by atoms with Crippen LogP contribution in [0.1, 0.15) is 13.8 Å². The molecule has 26 heavy (non-hydrogen) atoms. The number of nitrogens with one attached hydrogen (secondary N) is 3.